The largest absolute Gasteiger partial charge is 0.497 e. The zero-order valence-electron chi connectivity index (χ0n) is 14.7. The number of hydrogen-bond acceptors (Lipinski definition) is 5. The second-order valence-corrected chi connectivity index (χ2v) is 5.37. The van der Waals surface area contributed by atoms with Crippen molar-refractivity contribution in [2.75, 3.05) is 21.3 Å². The monoisotopic (exact) mass is 343 g/mol. The lowest BCUT2D eigenvalue weighted by Gasteiger charge is -2.18. The van der Waals surface area contributed by atoms with Gasteiger partial charge in [-0.25, -0.2) is 4.79 Å². The minimum absolute atomic E-state index is 0.248. The average Bonchev–Trinajstić information content (AvgIpc) is 2.66. The van der Waals surface area contributed by atoms with E-state index in [0.29, 0.717) is 22.6 Å². The van der Waals surface area contributed by atoms with Gasteiger partial charge >= 0.3 is 5.97 Å². The van der Waals surface area contributed by atoms with E-state index in [4.69, 9.17) is 9.47 Å². The van der Waals surface area contributed by atoms with Crippen molar-refractivity contribution in [3.05, 3.63) is 59.2 Å². The summed E-state index contributed by atoms with van der Waals surface area (Å²) in [6, 6.07) is 11.4. The van der Waals surface area contributed by atoms with Crippen molar-refractivity contribution in [3.63, 3.8) is 0 Å². The molecular formula is C19H21NO5. The van der Waals surface area contributed by atoms with Crippen LogP contribution < -0.4 is 14.8 Å². The highest BCUT2D eigenvalue weighted by molar-refractivity contribution is 5.96. The lowest BCUT2D eigenvalue weighted by atomic mass is 10.1. The molecule has 0 aliphatic carbocycles. The second kappa shape index (κ2) is 8.19. The summed E-state index contributed by atoms with van der Waals surface area (Å²) in [5.41, 5.74) is 1.68. The number of hydrogen-bond donors (Lipinski definition) is 1. The van der Waals surface area contributed by atoms with Crippen molar-refractivity contribution in [3.8, 4) is 11.5 Å². The number of carbonyl (C=O) groups is 2. The lowest BCUT2D eigenvalue weighted by Crippen LogP contribution is -2.27. The molecule has 2 aromatic rings. The molecule has 0 aliphatic rings. The van der Waals surface area contributed by atoms with Crippen LogP contribution in [-0.4, -0.2) is 33.2 Å². The molecule has 6 nitrogen and oxygen atoms in total. The molecule has 0 unspecified atom stereocenters. The number of benzene rings is 2. The summed E-state index contributed by atoms with van der Waals surface area (Å²) in [7, 11) is 4.46. The highest BCUT2D eigenvalue weighted by Gasteiger charge is 2.16. The molecular weight excluding hydrogens is 322 g/mol. The third kappa shape index (κ3) is 4.29. The maximum atomic E-state index is 12.4. The minimum Gasteiger partial charge on any atom is -0.497 e. The van der Waals surface area contributed by atoms with Crippen LogP contribution in [0.1, 0.15) is 39.2 Å². The maximum absolute atomic E-state index is 12.4. The first-order valence-corrected chi connectivity index (χ1v) is 7.71. The van der Waals surface area contributed by atoms with Crippen molar-refractivity contribution in [1.29, 1.82) is 0 Å². The summed E-state index contributed by atoms with van der Waals surface area (Å²) in [6.45, 7) is 1.87. The number of rotatable bonds is 6. The van der Waals surface area contributed by atoms with Gasteiger partial charge in [0.1, 0.15) is 11.5 Å². The number of carbonyl (C=O) groups excluding carboxylic acids is 2. The highest BCUT2D eigenvalue weighted by atomic mass is 16.5. The van der Waals surface area contributed by atoms with Crippen LogP contribution in [0.25, 0.3) is 0 Å². The van der Waals surface area contributed by atoms with E-state index in [1.165, 1.54) is 7.11 Å². The smallest absolute Gasteiger partial charge is 0.337 e. The number of esters is 1. The predicted octanol–water partition coefficient (Wildman–Crippen LogP) is 2.98. The summed E-state index contributed by atoms with van der Waals surface area (Å²) >= 11 is 0. The minimum atomic E-state index is -0.441. The van der Waals surface area contributed by atoms with Gasteiger partial charge in [-0.3, -0.25) is 4.79 Å². The fourth-order valence-corrected chi connectivity index (χ4v) is 2.41. The summed E-state index contributed by atoms with van der Waals surface area (Å²) in [6.07, 6.45) is 0. The van der Waals surface area contributed by atoms with Gasteiger partial charge < -0.3 is 19.5 Å². The van der Waals surface area contributed by atoms with Crippen molar-refractivity contribution in [2.24, 2.45) is 0 Å². The Morgan fingerprint density at radius 3 is 2.12 bits per heavy atom. The highest BCUT2D eigenvalue weighted by Crippen LogP contribution is 2.29. The topological polar surface area (TPSA) is 73.9 Å². The summed E-state index contributed by atoms with van der Waals surface area (Å²) < 4.78 is 15.2. The molecule has 1 amide bonds. The van der Waals surface area contributed by atoms with Crippen molar-refractivity contribution in [2.45, 2.75) is 13.0 Å². The first-order valence-electron chi connectivity index (χ1n) is 7.71. The fraction of sp³-hybridized carbons (Fsp3) is 0.263. The molecule has 6 heteroatoms. The Labute approximate surface area is 146 Å². The van der Waals surface area contributed by atoms with Gasteiger partial charge in [0, 0.05) is 17.2 Å². The molecule has 0 bridgehead atoms. The van der Waals surface area contributed by atoms with Crippen molar-refractivity contribution >= 4 is 11.9 Å². The van der Waals surface area contributed by atoms with Gasteiger partial charge in [-0.1, -0.05) is 0 Å². The van der Waals surface area contributed by atoms with Crippen LogP contribution in [0.5, 0.6) is 11.5 Å². The zero-order chi connectivity index (χ0) is 18.4. The fourth-order valence-electron chi connectivity index (χ4n) is 2.41. The van der Waals surface area contributed by atoms with E-state index in [2.05, 4.69) is 10.1 Å². The average molecular weight is 343 g/mol. The Kier molecular flexibility index (Phi) is 6.00. The predicted molar refractivity (Wildman–Crippen MR) is 93.2 cm³/mol. The van der Waals surface area contributed by atoms with E-state index in [-0.39, 0.29) is 11.9 Å². The molecule has 0 aromatic heterocycles. The van der Waals surface area contributed by atoms with Gasteiger partial charge in [0.15, 0.2) is 0 Å². The molecule has 2 rings (SSSR count). The van der Waals surface area contributed by atoms with Gasteiger partial charge in [0.05, 0.1) is 32.9 Å². The molecule has 0 fully saturated rings. The van der Waals surface area contributed by atoms with E-state index in [0.717, 1.165) is 5.56 Å². The van der Waals surface area contributed by atoms with E-state index in [1.807, 2.05) is 19.1 Å². The Hall–Kier alpha value is -3.02. The SMILES string of the molecule is COC(=O)c1ccc(C(=O)N[C@@H](C)c2ccc(OC)cc2OC)cc1. The molecule has 0 radical (unpaired) electrons. The zero-order valence-corrected chi connectivity index (χ0v) is 14.7. The Bertz CT molecular complexity index is 755. The molecule has 0 spiro atoms. The van der Waals surface area contributed by atoms with E-state index >= 15 is 0 Å². The molecule has 0 saturated heterocycles. The lowest BCUT2D eigenvalue weighted by molar-refractivity contribution is 0.0600. The normalized spacial score (nSPS) is 11.4. The van der Waals surface area contributed by atoms with Crippen LogP contribution in [0, 0.1) is 0 Å². The Morgan fingerprint density at radius 2 is 1.56 bits per heavy atom. The van der Waals surface area contributed by atoms with Crippen LogP contribution in [0.15, 0.2) is 42.5 Å². The molecule has 0 heterocycles. The third-order valence-electron chi connectivity index (χ3n) is 3.82. The molecule has 0 saturated carbocycles. The number of nitrogens with one attached hydrogen (secondary N) is 1. The van der Waals surface area contributed by atoms with Crippen LogP contribution in [0.2, 0.25) is 0 Å². The van der Waals surface area contributed by atoms with Crippen LogP contribution in [0.3, 0.4) is 0 Å². The maximum Gasteiger partial charge on any atom is 0.337 e. The van der Waals surface area contributed by atoms with Crippen molar-refractivity contribution in [1.82, 2.24) is 5.32 Å². The Morgan fingerprint density at radius 1 is 0.920 bits per heavy atom. The van der Waals surface area contributed by atoms with Crippen LogP contribution >= 0.6 is 0 Å². The van der Waals surface area contributed by atoms with Gasteiger partial charge in [-0.15, -0.1) is 0 Å². The summed E-state index contributed by atoms with van der Waals surface area (Å²) in [4.78, 5) is 23.8. The van der Waals surface area contributed by atoms with Gasteiger partial charge in [0.25, 0.3) is 5.91 Å². The van der Waals surface area contributed by atoms with E-state index in [9.17, 15) is 9.59 Å². The summed E-state index contributed by atoms with van der Waals surface area (Å²) in [5, 5.41) is 2.91. The quantitative estimate of drug-likeness (QED) is 0.816. The molecule has 1 N–H and O–H groups in total. The Balaban J connectivity index is 2.13. The molecule has 2 aromatic carbocycles. The van der Waals surface area contributed by atoms with E-state index < -0.39 is 5.97 Å². The van der Waals surface area contributed by atoms with Gasteiger partial charge in [-0.05, 0) is 43.3 Å². The first-order chi connectivity index (χ1) is 12.0. The standard InChI is InChI=1S/C19H21NO5/c1-12(16-10-9-15(23-2)11-17(16)24-3)20-18(21)13-5-7-14(8-6-13)19(22)25-4/h5-12H,1-4H3,(H,20,21)/t12-/m0/s1. The second-order valence-electron chi connectivity index (χ2n) is 5.37. The van der Waals surface area contributed by atoms with E-state index in [1.54, 1.807) is 44.6 Å². The molecule has 25 heavy (non-hydrogen) atoms. The van der Waals surface area contributed by atoms with Crippen LogP contribution in [0.4, 0.5) is 0 Å². The first kappa shape index (κ1) is 18.3. The number of methoxy groups -OCH3 is 3. The molecule has 1 atom stereocenters. The van der Waals surface area contributed by atoms with Crippen LogP contribution in [-0.2, 0) is 4.74 Å². The van der Waals surface area contributed by atoms with Crippen molar-refractivity contribution < 1.29 is 23.8 Å². The summed E-state index contributed by atoms with van der Waals surface area (Å²) in [5.74, 6) is 0.621. The van der Waals surface area contributed by atoms with Gasteiger partial charge in [0.2, 0.25) is 0 Å². The molecule has 132 valence electrons. The number of ether oxygens (including phenoxy) is 3. The number of amides is 1. The van der Waals surface area contributed by atoms with Gasteiger partial charge in [-0.2, -0.15) is 0 Å². The molecule has 0 aliphatic heterocycles. The third-order valence-corrected chi connectivity index (χ3v) is 3.82.